The predicted octanol–water partition coefficient (Wildman–Crippen LogP) is 2.25. The van der Waals surface area contributed by atoms with E-state index in [0.29, 0.717) is 18.1 Å². The molecular weight excluding hydrogens is 250 g/mol. The molecule has 0 spiro atoms. The second kappa shape index (κ2) is 5.88. The maximum atomic E-state index is 9.91. The number of thioether (sulfide) groups is 1. The molecule has 1 atom stereocenters. The highest BCUT2D eigenvalue weighted by Gasteiger charge is 2.11. The maximum absolute atomic E-state index is 9.91. The molecule has 0 fully saturated rings. The number of nitrogens with one attached hydrogen (secondary N) is 1. The van der Waals surface area contributed by atoms with E-state index in [1.807, 2.05) is 19.2 Å². The molecule has 96 valence electrons. The van der Waals surface area contributed by atoms with E-state index in [4.69, 9.17) is 4.42 Å². The Hall–Kier alpha value is -1.53. The van der Waals surface area contributed by atoms with Crippen molar-refractivity contribution < 1.29 is 9.52 Å². The number of anilines is 1. The molecule has 2 aromatic rings. The highest BCUT2D eigenvalue weighted by atomic mass is 32.2. The van der Waals surface area contributed by atoms with Crippen LogP contribution < -0.4 is 5.32 Å². The van der Waals surface area contributed by atoms with Gasteiger partial charge in [0.1, 0.15) is 28.5 Å². The van der Waals surface area contributed by atoms with Crippen molar-refractivity contribution >= 4 is 17.6 Å². The Morgan fingerprint density at radius 1 is 1.44 bits per heavy atom. The molecule has 18 heavy (non-hydrogen) atoms. The molecule has 2 N–H and O–H groups in total. The van der Waals surface area contributed by atoms with Gasteiger partial charge in [0, 0.05) is 6.54 Å². The van der Waals surface area contributed by atoms with Gasteiger partial charge in [-0.05, 0) is 25.3 Å². The van der Waals surface area contributed by atoms with E-state index in [1.54, 1.807) is 18.5 Å². The Labute approximate surface area is 110 Å². The fourth-order valence-electron chi connectivity index (χ4n) is 1.47. The molecule has 2 aromatic heterocycles. The number of aliphatic hydroxyl groups excluding tert-OH is 1. The highest BCUT2D eigenvalue weighted by Crippen LogP contribution is 2.17. The summed E-state index contributed by atoms with van der Waals surface area (Å²) in [5.41, 5.74) is 0. The van der Waals surface area contributed by atoms with Gasteiger partial charge in [0.05, 0.1) is 12.4 Å². The van der Waals surface area contributed by atoms with E-state index >= 15 is 0 Å². The molecule has 0 aromatic carbocycles. The van der Waals surface area contributed by atoms with Gasteiger partial charge in [-0.1, -0.05) is 0 Å². The molecule has 0 aliphatic heterocycles. The summed E-state index contributed by atoms with van der Waals surface area (Å²) in [6.07, 6.45) is 4.56. The molecule has 0 amide bonds. The Morgan fingerprint density at radius 2 is 2.28 bits per heavy atom. The molecule has 5 nitrogen and oxygen atoms in total. The average molecular weight is 265 g/mol. The van der Waals surface area contributed by atoms with E-state index in [-0.39, 0.29) is 0 Å². The average Bonchev–Trinajstić information content (AvgIpc) is 2.83. The van der Waals surface area contributed by atoms with Crippen molar-refractivity contribution in [2.45, 2.75) is 18.1 Å². The van der Waals surface area contributed by atoms with Gasteiger partial charge in [0.2, 0.25) is 0 Å². The topological polar surface area (TPSA) is 71.2 Å². The Morgan fingerprint density at radius 3 is 2.94 bits per heavy atom. The first-order valence-electron chi connectivity index (χ1n) is 5.53. The summed E-state index contributed by atoms with van der Waals surface area (Å²) >= 11 is 1.52. The lowest BCUT2D eigenvalue weighted by atomic mass is 10.3. The molecular formula is C12H15N3O2S. The van der Waals surface area contributed by atoms with Gasteiger partial charge in [-0.15, -0.1) is 11.8 Å². The van der Waals surface area contributed by atoms with Crippen LogP contribution in [0.3, 0.4) is 0 Å². The molecule has 6 heteroatoms. The van der Waals surface area contributed by atoms with Gasteiger partial charge in [-0.2, -0.15) is 0 Å². The van der Waals surface area contributed by atoms with Gasteiger partial charge in [-0.3, -0.25) is 4.98 Å². The van der Waals surface area contributed by atoms with E-state index in [2.05, 4.69) is 15.3 Å². The third kappa shape index (κ3) is 3.24. The summed E-state index contributed by atoms with van der Waals surface area (Å²) in [4.78, 5) is 8.37. The molecule has 0 aliphatic rings. The Balaban J connectivity index is 1.94. The SMILES string of the molecule is CSc1cncc(NCC(O)c2ccc(C)o2)n1. The van der Waals surface area contributed by atoms with Crippen molar-refractivity contribution in [1.29, 1.82) is 0 Å². The smallest absolute Gasteiger partial charge is 0.145 e. The summed E-state index contributed by atoms with van der Waals surface area (Å²) in [5, 5.41) is 13.8. The van der Waals surface area contributed by atoms with Crippen LogP contribution in [0.2, 0.25) is 0 Å². The molecule has 0 saturated carbocycles. The van der Waals surface area contributed by atoms with Gasteiger partial charge in [0.25, 0.3) is 0 Å². The second-order valence-electron chi connectivity index (χ2n) is 3.79. The maximum Gasteiger partial charge on any atom is 0.145 e. The fraction of sp³-hybridized carbons (Fsp3) is 0.333. The summed E-state index contributed by atoms with van der Waals surface area (Å²) in [6.45, 7) is 2.18. The molecule has 2 rings (SSSR count). The number of nitrogens with zero attached hydrogens (tertiary/aromatic N) is 2. The summed E-state index contributed by atoms with van der Waals surface area (Å²) in [6, 6.07) is 3.60. The largest absolute Gasteiger partial charge is 0.464 e. The normalized spacial score (nSPS) is 12.4. The first-order chi connectivity index (χ1) is 8.69. The van der Waals surface area contributed by atoms with Crippen LogP contribution in [-0.2, 0) is 0 Å². The number of hydrogen-bond donors (Lipinski definition) is 2. The zero-order valence-electron chi connectivity index (χ0n) is 10.3. The van der Waals surface area contributed by atoms with Gasteiger partial charge < -0.3 is 14.8 Å². The fourth-order valence-corrected chi connectivity index (χ4v) is 1.82. The number of aromatic nitrogens is 2. The summed E-state index contributed by atoms with van der Waals surface area (Å²) in [5.74, 6) is 1.98. The van der Waals surface area contributed by atoms with E-state index in [1.165, 1.54) is 11.8 Å². The van der Waals surface area contributed by atoms with Crippen LogP contribution in [0.15, 0.2) is 34.0 Å². The minimum absolute atomic E-state index is 0.333. The summed E-state index contributed by atoms with van der Waals surface area (Å²) in [7, 11) is 0. The third-order valence-electron chi connectivity index (χ3n) is 2.39. The lowest BCUT2D eigenvalue weighted by Crippen LogP contribution is -2.12. The minimum atomic E-state index is -0.696. The summed E-state index contributed by atoms with van der Waals surface area (Å²) < 4.78 is 5.35. The second-order valence-corrected chi connectivity index (χ2v) is 4.62. The van der Waals surface area contributed by atoms with Gasteiger partial charge in [-0.25, -0.2) is 4.98 Å². The lowest BCUT2D eigenvalue weighted by molar-refractivity contribution is 0.161. The van der Waals surface area contributed by atoms with Crippen molar-refractivity contribution in [3.63, 3.8) is 0 Å². The van der Waals surface area contributed by atoms with Crippen molar-refractivity contribution in [3.8, 4) is 0 Å². The first kappa shape index (κ1) is 12.9. The quantitative estimate of drug-likeness (QED) is 0.808. The predicted molar refractivity (Wildman–Crippen MR) is 70.7 cm³/mol. The number of aliphatic hydroxyl groups is 1. The zero-order valence-corrected chi connectivity index (χ0v) is 11.1. The van der Waals surface area contributed by atoms with Gasteiger partial charge >= 0.3 is 0 Å². The van der Waals surface area contributed by atoms with Crippen molar-refractivity contribution in [3.05, 3.63) is 36.0 Å². The zero-order chi connectivity index (χ0) is 13.0. The number of aryl methyl sites for hydroxylation is 1. The molecule has 0 bridgehead atoms. The number of hydrogen-bond acceptors (Lipinski definition) is 6. The monoisotopic (exact) mass is 265 g/mol. The minimum Gasteiger partial charge on any atom is -0.464 e. The van der Waals surface area contributed by atoms with Crippen LogP contribution in [-0.4, -0.2) is 27.9 Å². The van der Waals surface area contributed by atoms with E-state index < -0.39 is 6.10 Å². The van der Waals surface area contributed by atoms with Crippen molar-refractivity contribution in [2.75, 3.05) is 18.1 Å². The Bertz CT molecular complexity index is 516. The van der Waals surface area contributed by atoms with E-state index in [9.17, 15) is 5.11 Å². The molecule has 2 heterocycles. The molecule has 0 radical (unpaired) electrons. The first-order valence-corrected chi connectivity index (χ1v) is 6.76. The molecule has 0 saturated heterocycles. The van der Waals surface area contributed by atoms with Crippen molar-refractivity contribution in [1.82, 2.24) is 9.97 Å². The van der Waals surface area contributed by atoms with Crippen LogP contribution >= 0.6 is 11.8 Å². The van der Waals surface area contributed by atoms with Crippen LogP contribution in [0.5, 0.6) is 0 Å². The highest BCUT2D eigenvalue weighted by molar-refractivity contribution is 7.98. The van der Waals surface area contributed by atoms with Crippen molar-refractivity contribution in [2.24, 2.45) is 0 Å². The van der Waals surface area contributed by atoms with E-state index in [0.717, 1.165) is 10.8 Å². The molecule has 1 unspecified atom stereocenters. The van der Waals surface area contributed by atoms with Crippen LogP contribution in [0.4, 0.5) is 5.82 Å². The number of rotatable bonds is 5. The van der Waals surface area contributed by atoms with Gasteiger partial charge in [0.15, 0.2) is 0 Å². The van der Waals surface area contributed by atoms with Crippen LogP contribution in [0.25, 0.3) is 0 Å². The number of furan rings is 1. The standard InChI is InChI=1S/C12H15N3O2S/c1-8-3-4-10(17-8)9(16)5-14-11-6-13-7-12(15-11)18-2/h3-4,6-7,9,16H,5H2,1-2H3,(H,14,15). The third-order valence-corrected chi connectivity index (χ3v) is 3.00. The molecule has 0 aliphatic carbocycles. The Kier molecular flexibility index (Phi) is 4.22. The van der Waals surface area contributed by atoms with Crippen LogP contribution in [0, 0.1) is 6.92 Å². The lowest BCUT2D eigenvalue weighted by Gasteiger charge is -2.10. The van der Waals surface area contributed by atoms with Crippen LogP contribution in [0.1, 0.15) is 17.6 Å².